The van der Waals surface area contributed by atoms with E-state index >= 15 is 0 Å². The summed E-state index contributed by atoms with van der Waals surface area (Å²) < 4.78 is 54.8. The molecule has 0 aromatic heterocycles. The third-order valence-corrected chi connectivity index (χ3v) is 4.25. The summed E-state index contributed by atoms with van der Waals surface area (Å²) in [7, 11) is 0. The molecule has 1 heterocycles. The van der Waals surface area contributed by atoms with Gasteiger partial charge in [0.1, 0.15) is 11.6 Å². The van der Waals surface area contributed by atoms with Gasteiger partial charge in [-0.15, -0.1) is 0 Å². The Balaban J connectivity index is 2.40. The summed E-state index contributed by atoms with van der Waals surface area (Å²) in [5, 5.41) is 0. The molecule has 0 bridgehead atoms. The molecule has 122 valence electrons. The summed E-state index contributed by atoms with van der Waals surface area (Å²) in [6, 6.07) is 1.84. The number of primary amides is 1. The number of carbonyl (C=O) groups is 1. The van der Waals surface area contributed by atoms with Crippen molar-refractivity contribution in [3.63, 3.8) is 0 Å². The van der Waals surface area contributed by atoms with Crippen molar-refractivity contribution in [2.45, 2.75) is 24.8 Å². The van der Waals surface area contributed by atoms with E-state index in [0.717, 1.165) is 12.1 Å². The molecule has 1 aliphatic rings. The van der Waals surface area contributed by atoms with E-state index in [1.165, 1.54) is 0 Å². The van der Waals surface area contributed by atoms with Crippen molar-refractivity contribution in [2.24, 2.45) is 5.73 Å². The molecule has 9 heteroatoms. The van der Waals surface area contributed by atoms with Crippen LogP contribution < -0.4 is 10.5 Å². The Bertz CT molecular complexity index is 606. The standard InChI is InChI=1S/C13H16F2N2O4S/c14-10-6-9(11(15)5-8(10)7-17-22(19)20)13(12(16)18)1-3-21-4-2-13/h5-6,17H,1-4,7H2,(H2,16,18)(H,19,20). The highest BCUT2D eigenvalue weighted by Gasteiger charge is 2.42. The van der Waals surface area contributed by atoms with E-state index in [9.17, 15) is 17.8 Å². The van der Waals surface area contributed by atoms with Crippen LogP contribution in [0.3, 0.4) is 0 Å². The van der Waals surface area contributed by atoms with Crippen LogP contribution in [0.5, 0.6) is 0 Å². The van der Waals surface area contributed by atoms with Crippen molar-refractivity contribution in [1.29, 1.82) is 0 Å². The molecule has 6 nitrogen and oxygen atoms in total. The molecule has 1 unspecified atom stereocenters. The van der Waals surface area contributed by atoms with Crippen LogP contribution in [0.4, 0.5) is 8.78 Å². The number of carbonyl (C=O) groups excluding carboxylic acids is 1. The van der Waals surface area contributed by atoms with Gasteiger partial charge in [-0.25, -0.2) is 17.7 Å². The first-order chi connectivity index (χ1) is 10.4. The number of ether oxygens (including phenoxy) is 1. The van der Waals surface area contributed by atoms with Crippen LogP contribution in [0, 0.1) is 11.6 Å². The van der Waals surface area contributed by atoms with Crippen LogP contribution in [-0.4, -0.2) is 27.9 Å². The van der Waals surface area contributed by atoms with Crippen molar-refractivity contribution in [1.82, 2.24) is 4.72 Å². The molecule has 1 saturated heterocycles. The van der Waals surface area contributed by atoms with Gasteiger partial charge in [0.15, 0.2) is 0 Å². The van der Waals surface area contributed by atoms with Gasteiger partial charge in [0.2, 0.25) is 17.2 Å². The molecular weight excluding hydrogens is 318 g/mol. The molecule has 0 saturated carbocycles. The lowest BCUT2D eigenvalue weighted by atomic mass is 9.73. The predicted octanol–water partition coefficient (Wildman–Crippen LogP) is 0.725. The Kier molecular flexibility index (Phi) is 5.22. The van der Waals surface area contributed by atoms with Gasteiger partial charge in [-0.05, 0) is 25.0 Å². The Labute approximate surface area is 128 Å². The minimum absolute atomic E-state index is 0.102. The summed E-state index contributed by atoms with van der Waals surface area (Å²) in [5.74, 6) is -2.28. The largest absolute Gasteiger partial charge is 0.381 e. The van der Waals surface area contributed by atoms with Gasteiger partial charge in [-0.3, -0.25) is 9.35 Å². The van der Waals surface area contributed by atoms with Crippen molar-refractivity contribution >= 4 is 17.2 Å². The van der Waals surface area contributed by atoms with Gasteiger partial charge in [-0.2, -0.15) is 0 Å². The number of halogens is 2. The van der Waals surface area contributed by atoms with E-state index in [1.54, 1.807) is 0 Å². The van der Waals surface area contributed by atoms with Crippen LogP contribution in [-0.2, 0) is 32.8 Å². The number of hydrogen-bond donors (Lipinski definition) is 3. The lowest BCUT2D eigenvalue weighted by molar-refractivity contribution is -0.127. The molecule has 1 amide bonds. The van der Waals surface area contributed by atoms with Crippen molar-refractivity contribution in [2.75, 3.05) is 13.2 Å². The molecule has 1 atom stereocenters. The molecule has 1 aromatic rings. The molecule has 0 radical (unpaired) electrons. The van der Waals surface area contributed by atoms with E-state index in [-0.39, 0.29) is 43.7 Å². The smallest absolute Gasteiger partial charge is 0.232 e. The lowest BCUT2D eigenvalue weighted by Crippen LogP contribution is -2.46. The highest BCUT2D eigenvalue weighted by molar-refractivity contribution is 7.77. The van der Waals surface area contributed by atoms with Crippen LogP contribution in [0.25, 0.3) is 0 Å². The second-order valence-electron chi connectivity index (χ2n) is 5.05. The molecule has 4 N–H and O–H groups in total. The fraction of sp³-hybridized carbons (Fsp3) is 0.462. The van der Waals surface area contributed by atoms with Gasteiger partial charge in [0, 0.05) is 30.9 Å². The van der Waals surface area contributed by atoms with Gasteiger partial charge in [0.05, 0.1) is 5.41 Å². The molecule has 1 aliphatic heterocycles. The van der Waals surface area contributed by atoms with E-state index in [2.05, 4.69) is 4.72 Å². The minimum Gasteiger partial charge on any atom is -0.381 e. The summed E-state index contributed by atoms with van der Waals surface area (Å²) in [4.78, 5) is 11.8. The number of rotatable bonds is 5. The highest BCUT2D eigenvalue weighted by Crippen LogP contribution is 2.37. The zero-order valence-electron chi connectivity index (χ0n) is 11.6. The number of nitrogens with two attached hydrogens (primary N) is 1. The Morgan fingerprint density at radius 3 is 2.55 bits per heavy atom. The fourth-order valence-corrected chi connectivity index (χ4v) is 2.88. The van der Waals surface area contributed by atoms with Crippen LogP contribution in [0.15, 0.2) is 12.1 Å². The normalized spacial score (nSPS) is 18.9. The molecule has 0 aliphatic carbocycles. The van der Waals surface area contributed by atoms with Crippen molar-refractivity contribution < 1.29 is 27.1 Å². The Morgan fingerprint density at radius 2 is 2.00 bits per heavy atom. The van der Waals surface area contributed by atoms with E-state index in [0.29, 0.717) is 0 Å². The predicted molar refractivity (Wildman–Crippen MR) is 74.9 cm³/mol. The Morgan fingerprint density at radius 1 is 1.36 bits per heavy atom. The average molecular weight is 334 g/mol. The van der Waals surface area contributed by atoms with Crippen LogP contribution in [0.1, 0.15) is 24.0 Å². The third-order valence-electron chi connectivity index (χ3n) is 3.86. The average Bonchev–Trinajstić information content (AvgIpc) is 2.48. The lowest BCUT2D eigenvalue weighted by Gasteiger charge is -2.35. The maximum absolute atomic E-state index is 14.4. The highest BCUT2D eigenvalue weighted by atomic mass is 32.2. The second-order valence-corrected chi connectivity index (χ2v) is 5.84. The topological polar surface area (TPSA) is 102 Å². The first-order valence-electron chi connectivity index (χ1n) is 6.57. The maximum atomic E-state index is 14.4. The van der Waals surface area contributed by atoms with Gasteiger partial charge >= 0.3 is 0 Å². The number of amides is 1. The number of hydrogen-bond acceptors (Lipinski definition) is 3. The van der Waals surface area contributed by atoms with Crippen LogP contribution >= 0.6 is 0 Å². The van der Waals surface area contributed by atoms with Crippen LogP contribution in [0.2, 0.25) is 0 Å². The molecular formula is C13H16F2N2O4S. The zero-order chi connectivity index (χ0) is 16.3. The van der Waals surface area contributed by atoms with Crippen molar-refractivity contribution in [3.05, 3.63) is 34.9 Å². The maximum Gasteiger partial charge on any atom is 0.232 e. The third kappa shape index (κ3) is 3.32. The van der Waals surface area contributed by atoms with Gasteiger partial charge in [-0.1, -0.05) is 0 Å². The van der Waals surface area contributed by atoms with Crippen molar-refractivity contribution in [3.8, 4) is 0 Å². The Hall–Kier alpha value is -1.42. The van der Waals surface area contributed by atoms with Gasteiger partial charge < -0.3 is 10.5 Å². The quantitative estimate of drug-likeness (QED) is 0.691. The number of benzene rings is 1. The molecule has 1 fully saturated rings. The first-order valence-corrected chi connectivity index (χ1v) is 7.68. The van der Waals surface area contributed by atoms with E-state index in [1.807, 2.05) is 0 Å². The first kappa shape index (κ1) is 16.9. The summed E-state index contributed by atoms with van der Waals surface area (Å²) in [5.41, 5.74) is 3.91. The summed E-state index contributed by atoms with van der Waals surface area (Å²) in [6.07, 6.45) is 0.355. The van der Waals surface area contributed by atoms with Gasteiger partial charge in [0.25, 0.3) is 0 Å². The SMILES string of the molecule is NC(=O)C1(c2cc(F)c(CNS(=O)O)cc2F)CCOCC1. The molecule has 2 rings (SSSR count). The van der Waals surface area contributed by atoms with E-state index < -0.39 is 34.2 Å². The molecule has 1 aromatic carbocycles. The fourth-order valence-electron chi connectivity index (χ4n) is 2.60. The second kappa shape index (κ2) is 6.78. The minimum atomic E-state index is -2.34. The summed E-state index contributed by atoms with van der Waals surface area (Å²) >= 11 is -2.34. The van der Waals surface area contributed by atoms with E-state index in [4.69, 9.17) is 15.0 Å². The zero-order valence-corrected chi connectivity index (χ0v) is 12.4. The summed E-state index contributed by atoms with van der Waals surface area (Å²) in [6.45, 7) is 0.145. The molecule has 22 heavy (non-hydrogen) atoms. The monoisotopic (exact) mass is 334 g/mol. The molecule has 0 spiro atoms. The number of nitrogens with one attached hydrogen (secondary N) is 1.